The number of nitrogens with zero attached hydrogens (tertiary/aromatic N) is 2. The summed E-state index contributed by atoms with van der Waals surface area (Å²) >= 11 is 0. The van der Waals surface area contributed by atoms with Crippen LogP contribution in [0.4, 0.5) is 18.9 Å². The molecule has 0 unspecified atom stereocenters. The second kappa shape index (κ2) is 7.38. The van der Waals surface area contributed by atoms with E-state index >= 15 is 0 Å². The van der Waals surface area contributed by atoms with Gasteiger partial charge in [-0.25, -0.2) is 4.79 Å². The van der Waals surface area contributed by atoms with Gasteiger partial charge in [0, 0.05) is 23.6 Å². The van der Waals surface area contributed by atoms with E-state index in [0.717, 1.165) is 12.3 Å². The van der Waals surface area contributed by atoms with Crippen LogP contribution in [0.2, 0.25) is 0 Å². The van der Waals surface area contributed by atoms with Gasteiger partial charge in [-0.15, -0.1) is 0 Å². The van der Waals surface area contributed by atoms with Crippen molar-refractivity contribution in [3.05, 3.63) is 76.9 Å². The number of amides is 1. The number of aromatic carboxylic acids is 1. The topological polar surface area (TPSA) is 126 Å². The number of nitrogens with one attached hydrogen (secondary N) is 1. The van der Waals surface area contributed by atoms with Crippen molar-refractivity contribution in [3.8, 4) is 11.1 Å². The molecule has 0 spiro atoms. The molecule has 0 aliphatic heterocycles. The van der Waals surface area contributed by atoms with Gasteiger partial charge < -0.3 is 10.4 Å². The van der Waals surface area contributed by atoms with E-state index in [1.54, 1.807) is 5.32 Å². The fourth-order valence-corrected chi connectivity index (χ4v) is 3.29. The standard InChI is InChI=1S/C21H10F3N3O5/c22-21(23,24)20(32)27-13-4-2-1-3-10(13)11-5-6-25-16-14(11)17(28)12-7-9(19(30)31)8-26-15(12)18(16)29/h1-8H,(H,27,32)(H,30,31). The van der Waals surface area contributed by atoms with Gasteiger partial charge in [0.05, 0.1) is 16.7 Å². The molecular weight excluding hydrogens is 431 g/mol. The van der Waals surface area contributed by atoms with Gasteiger partial charge in [-0.05, 0) is 23.8 Å². The molecule has 0 saturated heterocycles. The predicted octanol–water partition coefficient (Wildman–Crippen LogP) is 3.12. The Kier molecular flexibility index (Phi) is 4.80. The molecule has 0 radical (unpaired) electrons. The number of rotatable bonds is 3. The van der Waals surface area contributed by atoms with Crippen molar-refractivity contribution in [2.45, 2.75) is 6.18 Å². The molecular formula is C21H10F3N3O5. The minimum Gasteiger partial charge on any atom is -0.478 e. The molecule has 160 valence electrons. The number of carboxylic acid groups (broad SMARTS) is 1. The number of fused-ring (bicyclic) bond motifs is 2. The first-order valence-electron chi connectivity index (χ1n) is 8.89. The molecule has 0 atom stereocenters. The van der Waals surface area contributed by atoms with E-state index in [4.69, 9.17) is 0 Å². The third kappa shape index (κ3) is 3.39. The Bertz CT molecular complexity index is 1330. The van der Waals surface area contributed by atoms with Gasteiger partial charge in [-0.1, -0.05) is 18.2 Å². The lowest BCUT2D eigenvalue weighted by atomic mass is 9.85. The monoisotopic (exact) mass is 441 g/mol. The predicted molar refractivity (Wildman–Crippen MR) is 102 cm³/mol. The molecule has 1 aliphatic carbocycles. The lowest BCUT2D eigenvalue weighted by Gasteiger charge is -2.20. The quantitative estimate of drug-likeness (QED) is 0.500. The van der Waals surface area contributed by atoms with Gasteiger partial charge in [0.2, 0.25) is 5.78 Å². The van der Waals surface area contributed by atoms with Crippen LogP contribution in [0.1, 0.15) is 42.5 Å². The van der Waals surface area contributed by atoms with Crippen LogP contribution >= 0.6 is 0 Å². The molecule has 3 aromatic rings. The van der Waals surface area contributed by atoms with Gasteiger partial charge in [0.25, 0.3) is 0 Å². The van der Waals surface area contributed by atoms with Crippen molar-refractivity contribution in [2.24, 2.45) is 0 Å². The first kappa shape index (κ1) is 20.8. The Morgan fingerprint density at radius 1 is 0.906 bits per heavy atom. The zero-order valence-corrected chi connectivity index (χ0v) is 15.7. The Balaban J connectivity index is 1.90. The summed E-state index contributed by atoms with van der Waals surface area (Å²) in [5.74, 6) is -5.09. The molecule has 32 heavy (non-hydrogen) atoms. The van der Waals surface area contributed by atoms with Crippen molar-refractivity contribution in [2.75, 3.05) is 5.32 Å². The minimum atomic E-state index is -5.14. The zero-order chi connectivity index (χ0) is 23.2. The van der Waals surface area contributed by atoms with Crippen LogP contribution in [-0.4, -0.2) is 44.7 Å². The van der Waals surface area contributed by atoms with E-state index in [2.05, 4.69) is 9.97 Å². The third-order valence-corrected chi connectivity index (χ3v) is 4.71. The zero-order valence-electron chi connectivity index (χ0n) is 15.7. The summed E-state index contributed by atoms with van der Waals surface area (Å²) in [6, 6.07) is 7.73. The second-order valence-corrected chi connectivity index (χ2v) is 6.66. The van der Waals surface area contributed by atoms with E-state index in [9.17, 15) is 37.5 Å². The third-order valence-electron chi connectivity index (χ3n) is 4.71. The van der Waals surface area contributed by atoms with Crippen molar-refractivity contribution in [1.29, 1.82) is 0 Å². The summed E-state index contributed by atoms with van der Waals surface area (Å²) in [6.45, 7) is 0. The Labute approximate surface area is 176 Å². The number of carboxylic acids is 1. The maximum atomic E-state index is 13.2. The normalized spacial score (nSPS) is 12.7. The number of para-hydroxylation sites is 1. The van der Waals surface area contributed by atoms with Crippen LogP contribution in [0.5, 0.6) is 0 Å². The average Bonchev–Trinajstić information content (AvgIpc) is 2.76. The minimum absolute atomic E-state index is 0.0377. The maximum absolute atomic E-state index is 13.2. The van der Waals surface area contributed by atoms with Crippen molar-refractivity contribution >= 4 is 29.1 Å². The van der Waals surface area contributed by atoms with E-state index in [1.165, 1.54) is 36.5 Å². The fraction of sp³-hybridized carbons (Fsp3) is 0.0476. The van der Waals surface area contributed by atoms with E-state index < -0.39 is 29.6 Å². The van der Waals surface area contributed by atoms with Crippen LogP contribution in [0.3, 0.4) is 0 Å². The van der Waals surface area contributed by atoms with Crippen LogP contribution in [-0.2, 0) is 4.79 Å². The Morgan fingerprint density at radius 2 is 1.62 bits per heavy atom. The number of carbonyl (C=O) groups is 4. The molecule has 0 saturated carbocycles. The number of ketones is 2. The number of hydrogen-bond acceptors (Lipinski definition) is 6. The molecule has 1 amide bonds. The molecule has 0 bridgehead atoms. The molecule has 4 rings (SSSR count). The summed E-state index contributed by atoms with van der Waals surface area (Å²) in [5.41, 5.74) is -1.56. The first-order valence-corrected chi connectivity index (χ1v) is 8.89. The van der Waals surface area contributed by atoms with Crippen LogP contribution in [0, 0.1) is 0 Å². The van der Waals surface area contributed by atoms with Gasteiger partial charge in [0.15, 0.2) is 5.78 Å². The molecule has 0 fully saturated rings. The van der Waals surface area contributed by atoms with Gasteiger partial charge in [-0.3, -0.25) is 24.4 Å². The molecule has 1 aromatic carbocycles. The number of alkyl halides is 3. The molecule has 1 aliphatic rings. The highest BCUT2D eigenvalue weighted by Gasteiger charge is 2.39. The smallest absolute Gasteiger partial charge is 0.471 e. The van der Waals surface area contributed by atoms with Crippen molar-refractivity contribution in [3.63, 3.8) is 0 Å². The molecule has 2 N–H and O–H groups in total. The second-order valence-electron chi connectivity index (χ2n) is 6.66. The first-order chi connectivity index (χ1) is 15.1. The number of anilines is 1. The SMILES string of the molecule is O=C(O)c1cnc2c(c1)C(=O)c1c(-c3ccccc3NC(=O)C(F)(F)F)ccnc1C2=O. The summed E-state index contributed by atoms with van der Waals surface area (Å²) in [5, 5.41) is 10.9. The highest BCUT2D eigenvalue weighted by molar-refractivity contribution is 6.29. The van der Waals surface area contributed by atoms with Crippen LogP contribution < -0.4 is 5.32 Å². The number of halogens is 3. The van der Waals surface area contributed by atoms with Crippen LogP contribution in [0.15, 0.2) is 48.8 Å². The largest absolute Gasteiger partial charge is 0.478 e. The van der Waals surface area contributed by atoms with E-state index in [0.29, 0.717) is 0 Å². The summed E-state index contributed by atoms with van der Waals surface area (Å²) in [6.07, 6.45) is -3.02. The molecule has 2 aromatic heterocycles. The van der Waals surface area contributed by atoms with Crippen molar-refractivity contribution < 1.29 is 37.5 Å². The summed E-state index contributed by atoms with van der Waals surface area (Å²) in [4.78, 5) is 56.5. The van der Waals surface area contributed by atoms with Gasteiger partial charge in [0.1, 0.15) is 11.4 Å². The lowest BCUT2D eigenvalue weighted by molar-refractivity contribution is -0.167. The van der Waals surface area contributed by atoms with Gasteiger partial charge >= 0.3 is 18.1 Å². The summed E-state index contributed by atoms with van der Waals surface area (Å²) in [7, 11) is 0. The molecule has 2 heterocycles. The number of pyridine rings is 2. The summed E-state index contributed by atoms with van der Waals surface area (Å²) < 4.78 is 38.2. The number of aromatic nitrogens is 2. The highest BCUT2D eigenvalue weighted by atomic mass is 19.4. The fourth-order valence-electron chi connectivity index (χ4n) is 3.29. The Hall–Kier alpha value is -4.41. The molecule has 8 nitrogen and oxygen atoms in total. The van der Waals surface area contributed by atoms with Crippen LogP contribution in [0.25, 0.3) is 11.1 Å². The number of hydrogen-bond donors (Lipinski definition) is 2. The maximum Gasteiger partial charge on any atom is 0.471 e. The Morgan fingerprint density at radius 3 is 2.31 bits per heavy atom. The number of carbonyl (C=O) groups excluding carboxylic acids is 3. The molecule has 11 heteroatoms. The highest BCUT2D eigenvalue weighted by Crippen LogP contribution is 2.36. The van der Waals surface area contributed by atoms with E-state index in [1.807, 2.05) is 0 Å². The number of benzene rings is 1. The van der Waals surface area contributed by atoms with Crippen molar-refractivity contribution in [1.82, 2.24) is 9.97 Å². The lowest BCUT2D eigenvalue weighted by Crippen LogP contribution is -2.30. The average molecular weight is 441 g/mol. The van der Waals surface area contributed by atoms with E-state index in [-0.39, 0.29) is 44.9 Å². The van der Waals surface area contributed by atoms with Gasteiger partial charge in [-0.2, -0.15) is 13.2 Å².